The van der Waals surface area contributed by atoms with Gasteiger partial charge in [-0.25, -0.2) is 10.1 Å². The largest absolute Gasteiger partial charge is 0.457 e. The van der Waals surface area contributed by atoms with Crippen LogP contribution in [0.15, 0.2) is 59.7 Å². The number of benzene rings is 2. The zero-order valence-electron chi connectivity index (χ0n) is 13.1. The minimum absolute atomic E-state index is 0.0601. The first-order valence-electron chi connectivity index (χ1n) is 7.37. The zero-order valence-corrected chi connectivity index (χ0v) is 13.1. The van der Waals surface area contributed by atoms with Crippen LogP contribution < -0.4 is 15.9 Å². The van der Waals surface area contributed by atoms with Crippen LogP contribution in [0.5, 0.6) is 11.5 Å². The number of hydrogen-bond donors (Lipinski definition) is 2. The smallest absolute Gasteiger partial charge is 0.261 e. The normalized spacial score (nSPS) is 10.7. The van der Waals surface area contributed by atoms with Crippen LogP contribution in [0.25, 0.3) is 0 Å². The van der Waals surface area contributed by atoms with Crippen LogP contribution in [-0.4, -0.2) is 32.3 Å². The van der Waals surface area contributed by atoms with E-state index in [0.717, 1.165) is 11.3 Å². The number of anilines is 1. The molecule has 0 fully saturated rings. The number of nitrogens with two attached hydrogens (primary N) is 1. The Bertz CT molecular complexity index is 877. The van der Waals surface area contributed by atoms with Gasteiger partial charge in [0.2, 0.25) is 5.95 Å². The van der Waals surface area contributed by atoms with Gasteiger partial charge in [0.1, 0.15) is 18.0 Å². The molecule has 25 heavy (non-hydrogen) atoms. The number of rotatable bonds is 6. The summed E-state index contributed by atoms with van der Waals surface area (Å²) in [6.07, 6.45) is 1.51. The lowest BCUT2D eigenvalue weighted by Crippen LogP contribution is -2.24. The molecule has 0 aliphatic rings. The zero-order chi connectivity index (χ0) is 17.5. The third kappa shape index (κ3) is 4.61. The number of para-hydroxylation sites is 1. The van der Waals surface area contributed by atoms with Crippen LogP contribution in [0.2, 0.25) is 0 Å². The lowest BCUT2D eigenvalue weighted by molar-refractivity contribution is -0.121. The molecule has 0 unspecified atom stereocenters. The summed E-state index contributed by atoms with van der Waals surface area (Å²) in [4.78, 5) is 11.7. The predicted molar refractivity (Wildman–Crippen MR) is 90.9 cm³/mol. The lowest BCUT2D eigenvalue weighted by Gasteiger charge is -2.05. The van der Waals surface area contributed by atoms with Crippen molar-refractivity contribution in [3.05, 3.63) is 60.2 Å². The average molecular weight is 337 g/mol. The van der Waals surface area contributed by atoms with E-state index in [1.807, 2.05) is 54.6 Å². The van der Waals surface area contributed by atoms with Crippen molar-refractivity contribution < 1.29 is 9.53 Å². The first-order valence-corrected chi connectivity index (χ1v) is 7.37. The van der Waals surface area contributed by atoms with E-state index in [2.05, 4.69) is 26.1 Å². The molecular weight excluding hydrogens is 322 g/mol. The first kappa shape index (κ1) is 16.1. The number of nitrogen functional groups attached to an aromatic ring is 1. The van der Waals surface area contributed by atoms with E-state index in [9.17, 15) is 4.79 Å². The van der Waals surface area contributed by atoms with Crippen molar-refractivity contribution >= 4 is 18.1 Å². The maximum Gasteiger partial charge on any atom is 0.261 e. The summed E-state index contributed by atoms with van der Waals surface area (Å²) in [5, 5.41) is 14.3. The van der Waals surface area contributed by atoms with Crippen molar-refractivity contribution in [1.82, 2.24) is 25.6 Å². The van der Waals surface area contributed by atoms with Gasteiger partial charge in [-0.1, -0.05) is 35.4 Å². The van der Waals surface area contributed by atoms with Crippen LogP contribution in [0, 0.1) is 0 Å². The van der Waals surface area contributed by atoms with Gasteiger partial charge in [-0.05, 0) is 40.3 Å². The quantitative estimate of drug-likeness (QED) is 0.515. The summed E-state index contributed by atoms with van der Waals surface area (Å²) in [5.74, 6) is 1.07. The van der Waals surface area contributed by atoms with E-state index in [4.69, 9.17) is 10.5 Å². The third-order valence-corrected chi connectivity index (χ3v) is 3.09. The van der Waals surface area contributed by atoms with Gasteiger partial charge in [0.05, 0.1) is 6.21 Å². The number of ether oxygens (including phenoxy) is 1. The Hall–Kier alpha value is -3.75. The Kier molecular flexibility index (Phi) is 4.95. The molecular formula is C16H15N7O2. The fourth-order valence-corrected chi connectivity index (χ4v) is 1.96. The van der Waals surface area contributed by atoms with Crippen molar-refractivity contribution in [3.8, 4) is 11.5 Å². The second-order valence-corrected chi connectivity index (χ2v) is 4.98. The van der Waals surface area contributed by atoms with Crippen LogP contribution >= 0.6 is 0 Å². The highest BCUT2D eigenvalue weighted by Gasteiger charge is 2.06. The van der Waals surface area contributed by atoms with Crippen molar-refractivity contribution in [2.45, 2.75) is 6.54 Å². The summed E-state index contributed by atoms with van der Waals surface area (Å²) in [6.45, 7) is -0.118. The Morgan fingerprint density at radius 1 is 1.20 bits per heavy atom. The molecule has 0 spiro atoms. The molecule has 0 aliphatic carbocycles. The molecule has 1 amide bonds. The SMILES string of the molecule is Nc1nnnn1CC(=O)NN=Cc1cccc(Oc2ccccc2)c1. The van der Waals surface area contributed by atoms with Gasteiger partial charge >= 0.3 is 0 Å². The average Bonchev–Trinajstić information content (AvgIpc) is 3.01. The summed E-state index contributed by atoms with van der Waals surface area (Å²) in [5.41, 5.74) is 8.64. The molecule has 1 aromatic heterocycles. The standard InChI is InChI=1S/C16H15N7O2/c17-16-20-21-22-23(16)11-15(24)19-18-10-12-5-4-8-14(9-12)25-13-6-2-1-3-7-13/h1-10H,11H2,(H,19,24)(H2,17,20,22). The van der Waals surface area contributed by atoms with Crippen LogP contribution in [0.1, 0.15) is 5.56 Å². The fourth-order valence-electron chi connectivity index (χ4n) is 1.96. The minimum atomic E-state index is -0.396. The fraction of sp³-hybridized carbons (Fsp3) is 0.0625. The molecule has 2 aromatic carbocycles. The molecule has 1 heterocycles. The molecule has 0 saturated heterocycles. The van der Waals surface area contributed by atoms with Gasteiger partial charge in [-0.3, -0.25) is 4.79 Å². The number of nitrogens with zero attached hydrogens (tertiary/aromatic N) is 5. The molecule has 3 rings (SSSR count). The summed E-state index contributed by atoms with van der Waals surface area (Å²) >= 11 is 0. The highest BCUT2D eigenvalue weighted by Crippen LogP contribution is 2.21. The van der Waals surface area contributed by atoms with Crippen LogP contribution in [0.3, 0.4) is 0 Å². The van der Waals surface area contributed by atoms with Crippen molar-refractivity contribution in [2.24, 2.45) is 5.10 Å². The summed E-state index contributed by atoms with van der Waals surface area (Å²) in [7, 11) is 0. The second kappa shape index (κ2) is 7.68. The second-order valence-electron chi connectivity index (χ2n) is 4.98. The van der Waals surface area contributed by atoms with E-state index >= 15 is 0 Å². The molecule has 0 atom stereocenters. The Morgan fingerprint density at radius 2 is 2.00 bits per heavy atom. The van der Waals surface area contributed by atoms with E-state index in [1.165, 1.54) is 10.9 Å². The molecule has 0 radical (unpaired) electrons. The molecule has 0 bridgehead atoms. The number of hydrazone groups is 1. The molecule has 126 valence electrons. The molecule has 0 saturated carbocycles. The Balaban J connectivity index is 1.57. The van der Waals surface area contributed by atoms with Gasteiger partial charge in [0, 0.05) is 0 Å². The predicted octanol–water partition coefficient (Wildman–Crippen LogP) is 1.20. The first-order chi connectivity index (χ1) is 12.2. The topological polar surface area (TPSA) is 120 Å². The lowest BCUT2D eigenvalue weighted by atomic mass is 10.2. The van der Waals surface area contributed by atoms with Gasteiger partial charge in [-0.15, -0.1) is 0 Å². The molecule has 3 N–H and O–H groups in total. The van der Waals surface area contributed by atoms with E-state index in [-0.39, 0.29) is 12.5 Å². The molecule has 9 heteroatoms. The van der Waals surface area contributed by atoms with Gasteiger partial charge in [-0.2, -0.15) is 5.10 Å². The van der Waals surface area contributed by atoms with E-state index in [1.54, 1.807) is 0 Å². The molecule has 3 aromatic rings. The van der Waals surface area contributed by atoms with Gasteiger partial charge < -0.3 is 10.5 Å². The van der Waals surface area contributed by atoms with Crippen LogP contribution in [0.4, 0.5) is 5.95 Å². The number of aromatic nitrogens is 4. The Morgan fingerprint density at radius 3 is 2.76 bits per heavy atom. The monoisotopic (exact) mass is 337 g/mol. The van der Waals surface area contributed by atoms with E-state index < -0.39 is 5.91 Å². The minimum Gasteiger partial charge on any atom is -0.457 e. The molecule has 9 nitrogen and oxygen atoms in total. The Labute approximate surface area is 143 Å². The number of nitrogens with one attached hydrogen (secondary N) is 1. The van der Waals surface area contributed by atoms with Crippen molar-refractivity contribution in [3.63, 3.8) is 0 Å². The number of hydrogen-bond acceptors (Lipinski definition) is 7. The van der Waals surface area contributed by atoms with Crippen molar-refractivity contribution in [2.75, 3.05) is 5.73 Å². The highest BCUT2D eigenvalue weighted by atomic mass is 16.5. The molecule has 0 aliphatic heterocycles. The highest BCUT2D eigenvalue weighted by molar-refractivity contribution is 5.82. The number of carbonyl (C=O) groups excluding carboxylic acids is 1. The van der Waals surface area contributed by atoms with Gasteiger partial charge in [0.15, 0.2) is 0 Å². The number of tetrazole rings is 1. The maximum atomic E-state index is 11.7. The van der Waals surface area contributed by atoms with Crippen molar-refractivity contribution in [1.29, 1.82) is 0 Å². The summed E-state index contributed by atoms with van der Waals surface area (Å²) in [6, 6.07) is 16.8. The maximum absolute atomic E-state index is 11.7. The van der Waals surface area contributed by atoms with Gasteiger partial charge in [0.25, 0.3) is 5.91 Å². The number of amides is 1. The third-order valence-electron chi connectivity index (χ3n) is 3.09. The van der Waals surface area contributed by atoms with Crippen LogP contribution in [-0.2, 0) is 11.3 Å². The van der Waals surface area contributed by atoms with E-state index in [0.29, 0.717) is 5.75 Å². The summed E-state index contributed by atoms with van der Waals surface area (Å²) < 4.78 is 6.91. The number of carbonyl (C=O) groups is 1.